The summed E-state index contributed by atoms with van der Waals surface area (Å²) in [5, 5.41) is 3.31. The van der Waals surface area contributed by atoms with Gasteiger partial charge >= 0.3 is 0 Å². The predicted octanol–water partition coefficient (Wildman–Crippen LogP) is 1.32. The summed E-state index contributed by atoms with van der Waals surface area (Å²) in [6.07, 6.45) is 0. The lowest BCUT2D eigenvalue weighted by Gasteiger charge is -2.04. The average Bonchev–Trinajstić information content (AvgIpc) is 2.04. The van der Waals surface area contributed by atoms with Gasteiger partial charge in [-0.05, 0) is 25.2 Å². The van der Waals surface area contributed by atoms with Crippen LogP contribution in [0.5, 0.6) is 0 Å². The molecule has 70 valence electrons. The summed E-state index contributed by atoms with van der Waals surface area (Å²) in [6.45, 7) is 0.284. The molecule has 0 aliphatic heterocycles. The second-order valence-electron chi connectivity index (χ2n) is 2.69. The van der Waals surface area contributed by atoms with Crippen LogP contribution >= 0.6 is 11.6 Å². The largest absolute Gasteiger partial charge is 0.398 e. The SMILES string of the molecule is CNCC(=O)c1ccc(Cl)cc1N. The molecule has 13 heavy (non-hydrogen) atoms. The summed E-state index contributed by atoms with van der Waals surface area (Å²) in [7, 11) is 1.71. The molecule has 0 saturated heterocycles. The van der Waals surface area contributed by atoms with E-state index < -0.39 is 0 Å². The lowest BCUT2D eigenvalue weighted by Crippen LogP contribution is -2.19. The molecule has 1 aromatic rings. The fourth-order valence-corrected chi connectivity index (χ4v) is 1.22. The fourth-order valence-electron chi connectivity index (χ4n) is 1.04. The van der Waals surface area contributed by atoms with Crippen LogP contribution < -0.4 is 11.1 Å². The zero-order valence-electron chi connectivity index (χ0n) is 7.30. The quantitative estimate of drug-likeness (QED) is 0.569. The first-order chi connectivity index (χ1) is 6.15. The molecule has 0 saturated carbocycles. The van der Waals surface area contributed by atoms with E-state index in [-0.39, 0.29) is 12.3 Å². The van der Waals surface area contributed by atoms with Gasteiger partial charge in [-0.2, -0.15) is 0 Å². The van der Waals surface area contributed by atoms with Crippen molar-refractivity contribution in [1.29, 1.82) is 0 Å². The Hall–Kier alpha value is -1.06. The standard InChI is InChI=1S/C9H11ClN2O/c1-12-5-9(13)7-3-2-6(10)4-8(7)11/h2-4,12H,5,11H2,1H3. The highest BCUT2D eigenvalue weighted by Crippen LogP contribution is 2.17. The third-order valence-corrected chi connectivity index (χ3v) is 1.89. The van der Waals surface area contributed by atoms with E-state index in [4.69, 9.17) is 17.3 Å². The molecule has 0 aliphatic rings. The number of anilines is 1. The molecule has 0 bridgehead atoms. The number of hydrogen-bond acceptors (Lipinski definition) is 3. The number of likely N-dealkylation sites (N-methyl/N-ethyl adjacent to an activating group) is 1. The first-order valence-corrected chi connectivity index (χ1v) is 4.25. The highest BCUT2D eigenvalue weighted by Gasteiger charge is 2.08. The van der Waals surface area contributed by atoms with E-state index in [2.05, 4.69) is 5.32 Å². The maximum absolute atomic E-state index is 11.4. The Labute approximate surface area is 81.9 Å². The van der Waals surface area contributed by atoms with Crippen molar-refractivity contribution in [2.45, 2.75) is 0 Å². The van der Waals surface area contributed by atoms with Gasteiger partial charge in [0.2, 0.25) is 0 Å². The molecule has 1 aromatic carbocycles. The summed E-state index contributed by atoms with van der Waals surface area (Å²) in [4.78, 5) is 11.4. The summed E-state index contributed by atoms with van der Waals surface area (Å²) in [6, 6.07) is 4.86. The summed E-state index contributed by atoms with van der Waals surface area (Å²) in [5.41, 5.74) is 6.56. The highest BCUT2D eigenvalue weighted by molar-refractivity contribution is 6.31. The number of rotatable bonds is 3. The molecule has 0 spiro atoms. The molecular formula is C9H11ClN2O. The maximum atomic E-state index is 11.4. The molecule has 0 heterocycles. The van der Waals surface area contributed by atoms with E-state index >= 15 is 0 Å². The van der Waals surface area contributed by atoms with Crippen LogP contribution in [0.4, 0.5) is 5.69 Å². The molecule has 0 unspecified atom stereocenters. The molecule has 0 atom stereocenters. The first kappa shape index (κ1) is 10.0. The van der Waals surface area contributed by atoms with Crippen molar-refractivity contribution in [2.24, 2.45) is 0 Å². The number of nitrogens with one attached hydrogen (secondary N) is 1. The Morgan fingerprint density at radius 1 is 1.62 bits per heavy atom. The van der Waals surface area contributed by atoms with E-state index in [1.807, 2.05) is 0 Å². The first-order valence-electron chi connectivity index (χ1n) is 3.88. The van der Waals surface area contributed by atoms with Crippen LogP contribution in [0.1, 0.15) is 10.4 Å². The lowest BCUT2D eigenvalue weighted by atomic mass is 10.1. The monoisotopic (exact) mass is 198 g/mol. The Morgan fingerprint density at radius 3 is 2.85 bits per heavy atom. The number of nitrogens with two attached hydrogens (primary N) is 1. The van der Waals surface area contributed by atoms with Crippen LogP contribution in [0, 0.1) is 0 Å². The lowest BCUT2D eigenvalue weighted by molar-refractivity contribution is 0.0994. The van der Waals surface area contributed by atoms with Gasteiger partial charge < -0.3 is 11.1 Å². The fraction of sp³-hybridized carbons (Fsp3) is 0.222. The number of carbonyl (C=O) groups is 1. The van der Waals surface area contributed by atoms with Crippen molar-refractivity contribution >= 4 is 23.1 Å². The van der Waals surface area contributed by atoms with Crippen LogP contribution in [0.3, 0.4) is 0 Å². The number of ketones is 1. The number of benzene rings is 1. The van der Waals surface area contributed by atoms with E-state index in [1.54, 1.807) is 25.2 Å². The molecule has 3 N–H and O–H groups in total. The van der Waals surface area contributed by atoms with Crippen LogP contribution in [-0.2, 0) is 0 Å². The van der Waals surface area contributed by atoms with E-state index in [0.717, 1.165) is 0 Å². The summed E-state index contributed by atoms with van der Waals surface area (Å²) >= 11 is 5.69. The highest BCUT2D eigenvalue weighted by atomic mass is 35.5. The molecule has 0 amide bonds. The molecule has 0 fully saturated rings. The van der Waals surface area contributed by atoms with Crippen LogP contribution in [0.2, 0.25) is 5.02 Å². The van der Waals surface area contributed by atoms with E-state index in [1.165, 1.54) is 0 Å². The zero-order chi connectivity index (χ0) is 9.84. The second kappa shape index (κ2) is 4.25. The van der Waals surface area contributed by atoms with Crippen LogP contribution in [0.25, 0.3) is 0 Å². The average molecular weight is 199 g/mol. The van der Waals surface area contributed by atoms with Crippen LogP contribution in [-0.4, -0.2) is 19.4 Å². The third kappa shape index (κ3) is 2.44. The van der Waals surface area contributed by atoms with Crippen molar-refractivity contribution in [3.63, 3.8) is 0 Å². The molecule has 3 nitrogen and oxygen atoms in total. The Bertz CT molecular complexity index is 325. The molecule has 0 aromatic heterocycles. The van der Waals surface area contributed by atoms with Crippen molar-refractivity contribution in [1.82, 2.24) is 5.32 Å². The molecule has 4 heteroatoms. The van der Waals surface area contributed by atoms with Gasteiger partial charge in [-0.25, -0.2) is 0 Å². The number of Topliss-reactive ketones (excluding diaryl/α,β-unsaturated/α-hetero) is 1. The molecular weight excluding hydrogens is 188 g/mol. The summed E-state index contributed by atoms with van der Waals surface area (Å²) < 4.78 is 0. The van der Waals surface area contributed by atoms with Crippen molar-refractivity contribution in [2.75, 3.05) is 19.3 Å². The maximum Gasteiger partial charge on any atom is 0.178 e. The Kier molecular flexibility index (Phi) is 3.28. The number of hydrogen-bond donors (Lipinski definition) is 2. The Balaban J connectivity index is 2.95. The topological polar surface area (TPSA) is 55.1 Å². The minimum atomic E-state index is -0.0309. The third-order valence-electron chi connectivity index (χ3n) is 1.65. The van der Waals surface area contributed by atoms with Gasteiger partial charge in [0.05, 0.1) is 6.54 Å². The van der Waals surface area contributed by atoms with Crippen LogP contribution in [0.15, 0.2) is 18.2 Å². The van der Waals surface area contributed by atoms with Gasteiger partial charge in [-0.3, -0.25) is 4.79 Å². The number of carbonyl (C=O) groups excluding carboxylic acids is 1. The smallest absolute Gasteiger partial charge is 0.178 e. The van der Waals surface area contributed by atoms with Gasteiger partial charge in [0.25, 0.3) is 0 Å². The van der Waals surface area contributed by atoms with Gasteiger partial charge in [-0.15, -0.1) is 0 Å². The number of nitrogen functional groups attached to an aromatic ring is 1. The van der Waals surface area contributed by atoms with Crippen molar-refractivity contribution in [3.8, 4) is 0 Å². The van der Waals surface area contributed by atoms with Gasteiger partial charge in [0.15, 0.2) is 5.78 Å². The van der Waals surface area contributed by atoms with Crippen molar-refractivity contribution in [3.05, 3.63) is 28.8 Å². The Morgan fingerprint density at radius 2 is 2.31 bits per heavy atom. The molecule has 0 aliphatic carbocycles. The van der Waals surface area contributed by atoms with Gasteiger partial charge in [-0.1, -0.05) is 11.6 Å². The normalized spacial score (nSPS) is 10.0. The number of halogens is 1. The zero-order valence-corrected chi connectivity index (χ0v) is 8.06. The van der Waals surface area contributed by atoms with E-state index in [9.17, 15) is 4.79 Å². The van der Waals surface area contributed by atoms with Gasteiger partial charge in [0, 0.05) is 16.3 Å². The molecule has 0 radical (unpaired) electrons. The molecule has 1 rings (SSSR count). The minimum absolute atomic E-state index is 0.0309. The summed E-state index contributed by atoms with van der Waals surface area (Å²) in [5.74, 6) is -0.0309. The second-order valence-corrected chi connectivity index (χ2v) is 3.12. The minimum Gasteiger partial charge on any atom is -0.398 e. The van der Waals surface area contributed by atoms with Gasteiger partial charge in [0.1, 0.15) is 0 Å². The van der Waals surface area contributed by atoms with E-state index in [0.29, 0.717) is 16.3 Å². The van der Waals surface area contributed by atoms with Crippen molar-refractivity contribution < 1.29 is 4.79 Å². The predicted molar refractivity (Wildman–Crippen MR) is 54.1 cm³/mol.